The molecule has 0 radical (unpaired) electrons. The van der Waals surface area contributed by atoms with Gasteiger partial charge in [-0.15, -0.1) is 0 Å². The number of carbonyl (C=O) groups excluding carboxylic acids is 1. The zero-order valence-corrected chi connectivity index (χ0v) is 15.0. The SMILES string of the molecule is CC1Nc2cc(NC(=O)C3(c4ccc5c(c4)OCO5)CC3)ccc2C1C. The number of fused-ring (bicyclic) bond motifs is 2. The molecule has 1 aliphatic carbocycles. The summed E-state index contributed by atoms with van der Waals surface area (Å²) in [6.07, 6.45) is 1.71. The van der Waals surface area contributed by atoms with E-state index in [1.807, 2.05) is 30.3 Å². The topological polar surface area (TPSA) is 59.6 Å². The highest BCUT2D eigenvalue weighted by molar-refractivity contribution is 6.02. The summed E-state index contributed by atoms with van der Waals surface area (Å²) in [7, 11) is 0. The van der Waals surface area contributed by atoms with Crippen LogP contribution in [0.2, 0.25) is 0 Å². The molecule has 0 saturated heterocycles. The Morgan fingerprint density at radius 3 is 2.73 bits per heavy atom. The van der Waals surface area contributed by atoms with Gasteiger partial charge in [0, 0.05) is 23.3 Å². The molecule has 2 aromatic carbocycles. The summed E-state index contributed by atoms with van der Waals surface area (Å²) < 4.78 is 10.8. The molecule has 2 unspecified atom stereocenters. The van der Waals surface area contributed by atoms with Gasteiger partial charge in [-0.05, 0) is 55.2 Å². The summed E-state index contributed by atoms with van der Waals surface area (Å²) in [5.74, 6) is 2.01. The Bertz CT molecular complexity index is 904. The fourth-order valence-electron chi connectivity index (χ4n) is 4.01. The van der Waals surface area contributed by atoms with E-state index in [2.05, 4.69) is 30.5 Å². The van der Waals surface area contributed by atoms with Crippen LogP contribution >= 0.6 is 0 Å². The molecule has 0 bridgehead atoms. The Morgan fingerprint density at radius 1 is 1.12 bits per heavy atom. The molecule has 2 heterocycles. The number of hydrogen-bond acceptors (Lipinski definition) is 4. The van der Waals surface area contributed by atoms with Gasteiger partial charge in [-0.25, -0.2) is 0 Å². The predicted molar refractivity (Wildman–Crippen MR) is 100 cm³/mol. The number of carbonyl (C=O) groups is 1. The molecular formula is C21H22N2O3. The molecule has 3 aliphatic rings. The first-order valence-corrected chi connectivity index (χ1v) is 9.19. The van der Waals surface area contributed by atoms with Crippen molar-refractivity contribution in [3.63, 3.8) is 0 Å². The second-order valence-electron chi connectivity index (χ2n) is 7.63. The molecule has 0 aromatic heterocycles. The second-order valence-corrected chi connectivity index (χ2v) is 7.63. The number of hydrogen-bond donors (Lipinski definition) is 2. The van der Waals surface area contributed by atoms with Crippen LogP contribution in [-0.2, 0) is 10.2 Å². The maximum Gasteiger partial charge on any atom is 0.235 e. The highest BCUT2D eigenvalue weighted by Crippen LogP contribution is 2.51. The maximum atomic E-state index is 13.0. The first kappa shape index (κ1) is 15.6. The quantitative estimate of drug-likeness (QED) is 0.878. The molecule has 2 atom stereocenters. The molecule has 134 valence electrons. The van der Waals surface area contributed by atoms with Gasteiger partial charge < -0.3 is 20.1 Å². The average Bonchev–Trinajstić information content (AvgIpc) is 3.24. The van der Waals surface area contributed by atoms with E-state index in [-0.39, 0.29) is 12.7 Å². The summed E-state index contributed by atoms with van der Waals surface area (Å²) in [5.41, 5.74) is 3.83. The number of nitrogens with one attached hydrogen (secondary N) is 2. The molecule has 2 aliphatic heterocycles. The van der Waals surface area contributed by atoms with Crippen LogP contribution in [0, 0.1) is 0 Å². The van der Waals surface area contributed by atoms with E-state index in [0.717, 1.165) is 41.3 Å². The fourth-order valence-corrected chi connectivity index (χ4v) is 4.01. The minimum atomic E-state index is -0.450. The van der Waals surface area contributed by atoms with Gasteiger partial charge in [0.05, 0.1) is 5.41 Å². The lowest BCUT2D eigenvalue weighted by atomic mass is 9.94. The Morgan fingerprint density at radius 2 is 1.92 bits per heavy atom. The lowest BCUT2D eigenvalue weighted by molar-refractivity contribution is -0.118. The Balaban J connectivity index is 1.38. The van der Waals surface area contributed by atoms with Crippen LogP contribution < -0.4 is 20.1 Å². The van der Waals surface area contributed by atoms with Crippen LogP contribution in [0.5, 0.6) is 11.5 Å². The Labute approximate surface area is 152 Å². The van der Waals surface area contributed by atoms with Crippen molar-refractivity contribution in [1.29, 1.82) is 0 Å². The zero-order chi connectivity index (χ0) is 17.9. The van der Waals surface area contributed by atoms with Crippen LogP contribution in [0.15, 0.2) is 36.4 Å². The molecule has 26 heavy (non-hydrogen) atoms. The summed E-state index contributed by atoms with van der Waals surface area (Å²) in [6.45, 7) is 4.65. The van der Waals surface area contributed by atoms with Gasteiger partial charge >= 0.3 is 0 Å². The average molecular weight is 350 g/mol. The van der Waals surface area contributed by atoms with Crippen molar-refractivity contribution < 1.29 is 14.3 Å². The minimum Gasteiger partial charge on any atom is -0.454 e. The number of amides is 1. The smallest absolute Gasteiger partial charge is 0.235 e. The van der Waals surface area contributed by atoms with Crippen molar-refractivity contribution in [1.82, 2.24) is 0 Å². The molecular weight excluding hydrogens is 328 g/mol. The molecule has 1 saturated carbocycles. The number of rotatable bonds is 3. The molecule has 2 N–H and O–H groups in total. The maximum absolute atomic E-state index is 13.0. The zero-order valence-electron chi connectivity index (χ0n) is 15.0. The Hall–Kier alpha value is -2.69. The number of anilines is 2. The van der Waals surface area contributed by atoms with E-state index in [4.69, 9.17) is 9.47 Å². The van der Waals surface area contributed by atoms with Crippen molar-refractivity contribution in [3.05, 3.63) is 47.5 Å². The number of benzene rings is 2. The van der Waals surface area contributed by atoms with Crippen LogP contribution in [-0.4, -0.2) is 18.7 Å². The molecule has 2 aromatic rings. The van der Waals surface area contributed by atoms with Gasteiger partial charge in [-0.1, -0.05) is 19.1 Å². The van der Waals surface area contributed by atoms with Gasteiger partial charge in [-0.3, -0.25) is 4.79 Å². The minimum absolute atomic E-state index is 0.0513. The van der Waals surface area contributed by atoms with Crippen LogP contribution in [0.1, 0.15) is 43.7 Å². The van der Waals surface area contributed by atoms with Crippen molar-refractivity contribution in [2.24, 2.45) is 0 Å². The van der Waals surface area contributed by atoms with Crippen LogP contribution in [0.4, 0.5) is 11.4 Å². The van der Waals surface area contributed by atoms with E-state index >= 15 is 0 Å². The van der Waals surface area contributed by atoms with Crippen molar-refractivity contribution in [3.8, 4) is 11.5 Å². The molecule has 1 fully saturated rings. The summed E-state index contributed by atoms with van der Waals surface area (Å²) in [6, 6.07) is 12.4. The molecule has 5 rings (SSSR count). The van der Waals surface area contributed by atoms with Crippen molar-refractivity contribution in [2.45, 2.75) is 44.1 Å². The fraction of sp³-hybridized carbons (Fsp3) is 0.381. The normalized spacial score (nSPS) is 23.9. The monoisotopic (exact) mass is 350 g/mol. The molecule has 1 amide bonds. The lowest BCUT2D eigenvalue weighted by Gasteiger charge is -2.17. The van der Waals surface area contributed by atoms with Gasteiger partial charge in [0.15, 0.2) is 11.5 Å². The third-order valence-corrected chi connectivity index (χ3v) is 6.04. The first-order chi connectivity index (χ1) is 12.6. The van der Waals surface area contributed by atoms with Crippen LogP contribution in [0.3, 0.4) is 0 Å². The van der Waals surface area contributed by atoms with E-state index < -0.39 is 5.41 Å². The summed E-state index contributed by atoms with van der Waals surface area (Å²) >= 11 is 0. The van der Waals surface area contributed by atoms with E-state index in [1.54, 1.807) is 0 Å². The number of ether oxygens (including phenoxy) is 2. The largest absolute Gasteiger partial charge is 0.454 e. The van der Waals surface area contributed by atoms with Crippen molar-refractivity contribution >= 4 is 17.3 Å². The predicted octanol–water partition coefficient (Wildman–Crippen LogP) is 4.00. The van der Waals surface area contributed by atoms with Gasteiger partial charge in [-0.2, -0.15) is 0 Å². The molecule has 5 nitrogen and oxygen atoms in total. The standard InChI is InChI=1S/C21H22N2O3/c1-12-13(2)22-17-10-15(4-5-16(12)17)23-20(24)21(7-8-21)14-3-6-18-19(9-14)26-11-25-18/h3-6,9-10,12-13,22H,7-8,11H2,1-2H3,(H,23,24). The van der Waals surface area contributed by atoms with E-state index in [1.165, 1.54) is 5.56 Å². The highest BCUT2D eigenvalue weighted by Gasteiger charge is 2.51. The molecule has 0 spiro atoms. The highest BCUT2D eigenvalue weighted by atomic mass is 16.7. The van der Waals surface area contributed by atoms with Crippen molar-refractivity contribution in [2.75, 3.05) is 17.4 Å². The van der Waals surface area contributed by atoms with E-state index in [0.29, 0.717) is 12.0 Å². The van der Waals surface area contributed by atoms with Gasteiger partial charge in [0.25, 0.3) is 0 Å². The lowest BCUT2D eigenvalue weighted by Crippen LogP contribution is -2.27. The Kier molecular flexibility index (Phi) is 3.23. The van der Waals surface area contributed by atoms with Gasteiger partial charge in [0.1, 0.15) is 0 Å². The third kappa shape index (κ3) is 2.26. The van der Waals surface area contributed by atoms with E-state index in [9.17, 15) is 4.79 Å². The molecule has 5 heteroatoms. The summed E-state index contributed by atoms with van der Waals surface area (Å²) in [4.78, 5) is 13.0. The summed E-state index contributed by atoms with van der Waals surface area (Å²) in [5, 5.41) is 6.61. The second kappa shape index (κ2) is 5.40. The first-order valence-electron chi connectivity index (χ1n) is 9.19. The van der Waals surface area contributed by atoms with Gasteiger partial charge in [0.2, 0.25) is 12.7 Å². The van der Waals surface area contributed by atoms with Crippen LogP contribution in [0.25, 0.3) is 0 Å². The third-order valence-electron chi connectivity index (χ3n) is 6.04.